The van der Waals surface area contributed by atoms with Gasteiger partial charge in [-0.3, -0.25) is 0 Å². The Bertz CT molecular complexity index is 807. The highest BCUT2D eigenvalue weighted by molar-refractivity contribution is 5.82. The molecule has 118 valence electrons. The van der Waals surface area contributed by atoms with E-state index in [4.69, 9.17) is 4.74 Å². The van der Waals surface area contributed by atoms with Gasteiger partial charge in [-0.25, -0.2) is 15.0 Å². The molecule has 1 aromatic carbocycles. The monoisotopic (exact) mass is 309 g/mol. The van der Waals surface area contributed by atoms with Gasteiger partial charge in [-0.15, -0.1) is 0 Å². The summed E-state index contributed by atoms with van der Waals surface area (Å²) >= 11 is 0. The number of aromatic amines is 1. The van der Waals surface area contributed by atoms with E-state index < -0.39 is 0 Å². The van der Waals surface area contributed by atoms with Crippen LogP contribution in [0.25, 0.3) is 11.2 Å². The molecule has 6 nitrogen and oxygen atoms in total. The van der Waals surface area contributed by atoms with Crippen molar-refractivity contribution in [1.29, 1.82) is 0 Å². The summed E-state index contributed by atoms with van der Waals surface area (Å²) in [5, 5.41) is 0. The van der Waals surface area contributed by atoms with Crippen LogP contribution in [0, 0.1) is 0 Å². The van der Waals surface area contributed by atoms with Crippen LogP contribution in [0.15, 0.2) is 36.9 Å². The van der Waals surface area contributed by atoms with E-state index in [1.807, 2.05) is 6.07 Å². The number of ether oxygens (including phenoxy) is 1. The summed E-state index contributed by atoms with van der Waals surface area (Å²) in [6.45, 7) is 1.96. The number of anilines is 1. The highest BCUT2D eigenvalue weighted by Gasteiger charge is 2.23. The number of methoxy groups -OCH3 is 1. The Morgan fingerprint density at radius 2 is 2.04 bits per heavy atom. The predicted octanol–water partition coefficient (Wildman–Crippen LogP) is 2.75. The largest absolute Gasteiger partial charge is 0.497 e. The van der Waals surface area contributed by atoms with Crippen molar-refractivity contribution in [3.8, 4) is 5.75 Å². The Morgan fingerprint density at radius 1 is 1.17 bits per heavy atom. The molecule has 4 rings (SSSR count). The number of hydrogen-bond acceptors (Lipinski definition) is 5. The van der Waals surface area contributed by atoms with Gasteiger partial charge in [0.2, 0.25) is 0 Å². The smallest absolute Gasteiger partial charge is 0.182 e. The van der Waals surface area contributed by atoms with Crippen molar-refractivity contribution in [1.82, 2.24) is 19.9 Å². The van der Waals surface area contributed by atoms with Gasteiger partial charge in [0.1, 0.15) is 17.6 Å². The molecular formula is C17H19N5O. The fourth-order valence-electron chi connectivity index (χ4n) is 3.31. The first-order valence-electron chi connectivity index (χ1n) is 7.88. The molecule has 0 amide bonds. The molecular weight excluding hydrogens is 290 g/mol. The van der Waals surface area contributed by atoms with Gasteiger partial charge < -0.3 is 14.6 Å². The van der Waals surface area contributed by atoms with E-state index >= 15 is 0 Å². The van der Waals surface area contributed by atoms with Gasteiger partial charge in [0.05, 0.1) is 13.4 Å². The lowest BCUT2D eigenvalue weighted by atomic mass is 9.89. The average molecular weight is 309 g/mol. The first-order chi connectivity index (χ1) is 11.3. The number of fused-ring (bicyclic) bond motifs is 1. The quantitative estimate of drug-likeness (QED) is 0.806. The van der Waals surface area contributed by atoms with Crippen LogP contribution in [0.5, 0.6) is 5.75 Å². The zero-order valence-corrected chi connectivity index (χ0v) is 13.1. The van der Waals surface area contributed by atoms with E-state index in [9.17, 15) is 0 Å². The van der Waals surface area contributed by atoms with Gasteiger partial charge in [0.25, 0.3) is 0 Å². The van der Waals surface area contributed by atoms with Crippen LogP contribution in [0.3, 0.4) is 0 Å². The van der Waals surface area contributed by atoms with Crippen molar-refractivity contribution in [3.05, 3.63) is 42.5 Å². The van der Waals surface area contributed by atoms with E-state index in [1.165, 1.54) is 5.56 Å². The van der Waals surface area contributed by atoms with Crippen LogP contribution in [0.1, 0.15) is 24.3 Å². The van der Waals surface area contributed by atoms with Crippen LogP contribution >= 0.6 is 0 Å². The molecule has 6 heteroatoms. The molecule has 3 heterocycles. The Balaban J connectivity index is 1.51. The van der Waals surface area contributed by atoms with Gasteiger partial charge in [0.15, 0.2) is 11.5 Å². The van der Waals surface area contributed by atoms with Crippen molar-refractivity contribution >= 4 is 17.0 Å². The second kappa shape index (κ2) is 5.87. The van der Waals surface area contributed by atoms with Crippen LogP contribution in [-0.2, 0) is 0 Å². The van der Waals surface area contributed by atoms with Crippen molar-refractivity contribution in [2.75, 3.05) is 25.1 Å². The minimum absolute atomic E-state index is 0.570. The third-order valence-electron chi connectivity index (χ3n) is 4.56. The van der Waals surface area contributed by atoms with Crippen LogP contribution in [0.4, 0.5) is 5.82 Å². The molecule has 23 heavy (non-hydrogen) atoms. The molecule has 0 radical (unpaired) electrons. The summed E-state index contributed by atoms with van der Waals surface area (Å²) in [6.07, 6.45) is 5.47. The number of rotatable bonds is 3. The van der Waals surface area contributed by atoms with Crippen molar-refractivity contribution < 1.29 is 4.74 Å². The number of aromatic nitrogens is 4. The second-order valence-electron chi connectivity index (χ2n) is 5.84. The molecule has 0 atom stereocenters. The van der Waals surface area contributed by atoms with Gasteiger partial charge >= 0.3 is 0 Å². The summed E-state index contributed by atoms with van der Waals surface area (Å²) < 4.78 is 5.34. The minimum atomic E-state index is 0.570. The van der Waals surface area contributed by atoms with Gasteiger partial charge in [0, 0.05) is 13.1 Å². The SMILES string of the molecule is COc1cccc(C2CCN(c3ncnc4nc[nH]c34)CC2)c1. The standard InChI is InChI=1S/C17H19N5O/c1-23-14-4-2-3-13(9-14)12-5-7-22(8-6-12)17-15-16(19-10-18-15)20-11-21-17/h2-4,9-12H,5-8H2,1H3,(H,18,19,20,21). The lowest BCUT2D eigenvalue weighted by Crippen LogP contribution is -2.33. The van der Waals surface area contributed by atoms with Gasteiger partial charge in [-0.1, -0.05) is 12.1 Å². The Kier molecular flexibility index (Phi) is 3.57. The Hall–Kier alpha value is -2.63. The highest BCUT2D eigenvalue weighted by atomic mass is 16.5. The second-order valence-corrected chi connectivity index (χ2v) is 5.84. The summed E-state index contributed by atoms with van der Waals surface area (Å²) in [6, 6.07) is 8.41. The number of piperidine rings is 1. The van der Waals surface area contributed by atoms with E-state index in [0.29, 0.717) is 5.92 Å². The predicted molar refractivity (Wildman–Crippen MR) is 88.9 cm³/mol. The zero-order valence-electron chi connectivity index (χ0n) is 13.1. The topological polar surface area (TPSA) is 66.9 Å². The molecule has 1 aliphatic heterocycles. The summed E-state index contributed by atoms with van der Waals surface area (Å²) in [5.41, 5.74) is 3.01. The van der Waals surface area contributed by atoms with Crippen LogP contribution < -0.4 is 9.64 Å². The van der Waals surface area contributed by atoms with Crippen molar-refractivity contribution in [3.63, 3.8) is 0 Å². The van der Waals surface area contributed by atoms with E-state index in [2.05, 4.69) is 43.0 Å². The first kappa shape index (κ1) is 14.0. The molecule has 1 saturated heterocycles. The van der Waals surface area contributed by atoms with Gasteiger partial charge in [-0.2, -0.15) is 0 Å². The van der Waals surface area contributed by atoms with E-state index in [-0.39, 0.29) is 0 Å². The Morgan fingerprint density at radius 3 is 2.87 bits per heavy atom. The van der Waals surface area contributed by atoms with Gasteiger partial charge in [-0.05, 0) is 36.5 Å². The number of hydrogen-bond donors (Lipinski definition) is 1. The molecule has 1 fully saturated rings. The third-order valence-corrected chi connectivity index (χ3v) is 4.56. The third kappa shape index (κ3) is 2.60. The zero-order chi connectivity index (χ0) is 15.6. The molecule has 2 aromatic heterocycles. The van der Waals surface area contributed by atoms with Crippen molar-refractivity contribution in [2.45, 2.75) is 18.8 Å². The maximum atomic E-state index is 5.34. The molecule has 0 spiro atoms. The Labute approximate surface area is 134 Å². The fourth-order valence-corrected chi connectivity index (χ4v) is 3.31. The molecule has 1 N–H and O–H groups in total. The number of imidazole rings is 1. The maximum Gasteiger partial charge on any atom is 0.182 e. The summed E-state index contributed by atoms with van der Waals surface area (Å²) in [7, 11) is 1.71. The minimum Gasteiger partial charge on any atom is -0.497 e. The molecule has 1 aliphatic rings. The number of nitrogens with one attached hydrogen (secondary N) is 1. The van der Waals surface area contributed by atoms with Crippen molar-refractivity contribution in [2.24, 2.45) is 0 Å². The van der Waals surface area contributed by atoms with Crippen LogP contribution in [-0.4, -0.2) is 40.1 Å². The lowest BCUT2D eigenvalue weighted by Gasteiger charge is -2.33. The molecule has 0 bridgehead atoms. The highest BCUT2D eigenvalue weighted by Crippen LogP contribution is 2.32. The normalized spacial score (nSPS) is 16.0. The number of benzene rings is 1. The summed E-state index contributed by atoms with van der Waals surface area (Å²) in [4.78, 5) is 18.3. The van der Waals surface area contributed by atoms with E-state index in [1.54, 1.807) is 19.8 Å². The molecule has 0 saturated carbocycles. The molecule has 0 unspecified atom stereocenters. The van der Waals surface area contributed by atoms with Crippen LogP contribution in [0.2, 0.25) is 0 Å². The molecule has 3 aromatic rings. The number of nitrogens with zero attached hydrogens (tertiary/aromatic N) is 4. The van der Waals surface area contributed by atoms with E-state index in [0.717, 1.165) is 48.7 Å². The summed E-state index contributed by atoms with van der Waals surface area (Å²) in [5.74, 6) is 2.46. The lowest BCUT2D eigenvalue weighted by molar-refractivity contribution is 0.412. The first-order valence-corrected chi connectivity index (χ1v) is 7.88. The fraction of sp³-hybridized carbons (Fsp3) is 0.353. The number of H-pyrrole nitrogens is 1. The maximum absolute atomic E-state index is 5.34. The molecule has 0 aliphatic carbocycles. The average Bonchev–Trinajstić information content (AvgIpc) is 3.11.